The molecule has 16 heavy (non-hydrogen) atoms. The van der Waals surface area contributed by atoms with E-state index in [0.29, 0.717) is 0 Å². The van der Waals surface area contributed by atoms with Crippen LogP contribution in [0, 0.1) is 0 Å². The maximum atomic E-state index is 4.46. The Kier molecular flexibility index (Phi) is 4.52. The first-order chi connectivity index (χ1) is 7.63. The van der Waals surface area contributed by atoms with Crippen molar-refractivity contribution in [1.82, 2.24) is 9.97 Å². The molecule has 0 aliphatic rings. The SMILES string of the molecule is CCNc1cncc(NC(C)(CC)CC)n1. The van der Waals surface area contributed by atoms with Gasteiger partial charge in [0.1, 0.15) is 11.6 Å². The molecule has 90 valence electrons. The molecule has 4 heteroatoms. The number of aromatic nitrogens is 2. The molecule has 1 aromatic heterocycles. The van der Waals surface area contributed by atoms with Crippen molar-refractivity contribution < 1.29 is 0 Å². The number of anilines is 2. The Balaban J connectivity index is 2.76. The smallest absolute Gasteiger partial charge is 0.147 e. The van der Waals surface area contributed by atoms with E-state index < -0.39 is 0 Å². The van der Waals surface area contributed by atoms with Crippen LogP contribution in [0.3, 0.4) is 0 Å². The van der Waals surface area contributed by atoms with Gasteiger partial charge in [0.2, 0.25) is 0 Å². The zero-order chi connectivity index (χ0) is 12.0. The number of hydrogen-bond donors (Lipinski definition) is 2. The molecule has 0 spiro atoms. The average molecular weight is 222 g/mol. The molecule has 0 saturated heterocycles. The number of hydrogen-bond acceptors (Lipinski definition) is 4. The fourth-order valence-electron chi connectivity index (χ4n) is 1.43. The Morgan fingerprint density at radius 3 is 2.31 bits per heavy atom. The highest BCUT2D eigenvalue weighted by molar-refractivity contribution is 5.43. The Morgan fingerprint density at radius 2 is 1.75 bits per heavy atom. The molecule has 1 rings (SSSR count). The molecule has 0 aromatic carbocycles. The van der Waals surface area contributed by atoms with Crippen LogP contribution in [0.5, 0.6) is 0 Å². The van der Waals surface area contributed by atoms with Gasteiger partial charge in [-0.2, -0.15) is 0 Å². The molecule has 0 amide bonds. The highest BCUT2D eigenvalue weighted by atomic mass is 15.1. The first-order valence-corrected chi connectivity index (χ1v) is 5.97. The first-order valence-electron chi connectivity index (χ1n) is 5.97. The van der Waals surface area contributed by atoms with Gasteiger partial charge in [0.25, 0.3) is 0 Å². The van der Waals surface area contributed by atoms with Crippen LogP contribution in [0.4, 0.5) is 11.6 Å². The second kappa shape index (κ2) is 5.68. The maximum Gasteiger partial charge on any atom is 0.147 e. The highest BCUT2D eigenvalue weighted by Crippen LogP contribution is 2.20. The van der Waals surface area contributed by atoms with E-state index in [0.717, 1.165) is 31.0 Å². The predicted octanol–water partition coefficient (Wildman–Crippen LogP) is 2.90. The van der Waals surface area contributed by atoms with E-state index in [-0.39, 0.29) is 5.54 Å². The van der Waals surface area contributed by atoms with Crippen LogP contribution < -0.4 is 10.6 Å². The van der Waals surface area contributed by atoms with Crippen LogP contribution in [-0.4, -0.2) is 22.1 Å². The zero-order valence-electron chi connectivity index (χ0n) is 10.7. The van der Waals surface area contributed by atoms with Gasteiger partial charge in [-0.05, 0) is 26.7 Å². The molecular weight excluding hydrogens is 200 g/mol. The van der Waals surface area contributed by atoms with Gasteiger partial charge in [-0.25, -0.2) is 4.98 Å². The van der Waals surface area contributed by atoms with Crippen molar-refractivity contribution >= 4 is 11.6 Å². The molecule has 0 radical (unpaired) electrons. The molecule has 0 unspecified atom stereocenters. The van der Waals surface area contributed by atoms with Crippen LogP contribution in [0.15, 0.2) is 12.4 Å². The molecule has 4 nitrogen and oxygen atoms in total. The molecule has 0 fully saturated rings. The molecular formula is C12H22N4. The number of nitrogens with one attached hydrogen (secondary N) is 2. The second-order valence-electron chi connectivity index (χ2n) is 4.21. The Hall–Kier alpha value is -1.32. The normalized spacial score (nSPS) is 11.2. The zero-order valence-corrected chi connectivity index (χ0v) is 10.7. The van der Waals surface area contributed by atoms with Crippen LogP contribution in [-0.2, 0) is 0 Å². The predicted molar refractivity (Wildman–Crippen MR) is 68.8 cm³/mol. The van der Waals surface area contributed by atoms with Crippen molar-refractivity contribution in [2.45, 2.75) is 46.1 Å². The minimum Gasteiger partial charge on any atom is -0.369 e. The lowest BCUT2D eigenvalue weighted by Gasteiger charge is -2.28. The van der Waals surface area contributed by atoms with Crippen LogP contribution >= 0.6 is 0 Å². The van der Waals surface area contributed by atoms with E-state index in [4.69, 9.17) is 0 Å². The summed E-state index contributed by atoms with van der Waals surface area (Å²) in [6, 6.07) is 0. The third-order valence-electron chi connectivity index (χ3n) is 2.98. The Labute approximate surface area is 97.9 Å². The molecule has 0 saturated carbocycles. The second-order valence-corrected chi connectivity index (χ2v) is 4.21. The fraction of sp³-hybridized carbons (Fsp3) is 0.667. The van der Waals surface area contributed by atoms with Crippen molar-refractivity contribution in [1.29, 1.82) is 0 Å². The standard InChI is InChI=1S/C12H22N4/c1-5-12(4,6-2)16-11-9-13-8-10(15-11)14-7-3/h8-9H,5-7H2,1-4H3,(H2,14,15,16). The third-order valence-corrected chi connectivity index (χ3v) is 2.98. The number of nitrogens with zero attached hydrogens (tertiary/aromatic N) is 2. The quantitative estimate of drug-likeness (QED) is 0.777. The van der Waals surface area contributed by atoms with Crippen LogP contribution in [0.2, 0.25) is 0 Å². The summed E-state index contributed by atoms with van der Waals surface area (Å²) in [5.41, 5.74) is 0.0967. The topological polar surface area (TPSA) is 49.8 Å². The summed E-state index contributed by atoms with van der Waals surface area (Å²) >= 11 is 0. The van der Waals surface area contributed by atoms with Crippen molar-refractivity contribution in [3.63, 3.8) is 0 Å². The summed E-state index contributed by atoms with van der Waals surface area (Å²) in [5.74, 6) is 1.66. The van der Waals surface area contributed by atoms with E-state index in [9.17, 15) is 0 Å². The summed E-state index contributed by atoms with van der Waals surface area (Å²) in [5, 5.41) is 6.60. The fourth-order valence-corrected chi connectivity index (χ4v) is 1.43. The summed E-state index contributed by atoms with van der Waals surface area (Å²) in [4.78, 5) is 8.63. The third kappa shape index (κ3) is 3.36. The van der Waals surface area contributed by atoms with E-state index in [1.54, 1.807) is 12.4 Å². The van der Waals surface area contributed by atoms with E-state index in [2.05, 4.69) is 41.4 Å². The van der Waals surface area contributed by atoms with Gasteiger partial charge >= 0.3 is 0 Å². The molecule has 1 heterocycles. The lowest BCUT2D eigenvalue weighted by molar-refractivity contribution is 0.476. The van der Waals surface area contributed by atoms with Gasteiger partial charge in [-0.15, -0.1) is 0 Å². The van der Waals surface area contributed by atoms with E-state index >= 15 is 0 Å². The van der Waals surface area contributed by atoms with Gasteiger partial charge in [0, 0.05) is 12.1 Å². The van der Waals surface area contributed by atoms with Crippen molar-refractivity contribution in [2.75, 3.05) is 17.2 Å². The van der Waals surface area contributed by atoms with Gasteiger partial charge in [0.15, 0.2) is 0 Å². The minimum atomic E-state index is 0.0967. The molecule has 0 bridgehead atoms. The Morgan fingerprint density at radius 1 is 1.12 bits per heavy atom. The van der Waals surface area contributed by atoms with Crippen molar-refractivity contribution in [3.05, 3.63) is 12.4 Å². The van der Waals surface area contributed by atoms with Crippen molar-refractivity contribution in [3.8, 4) is 0 Å². The largest absolute Gasteiger partial charge is 0.369 e. The van der Waals surface area contributed by atoms with Gasteiger partial charge in [-0.1, -0.05) is 13.8 Å². The van der Waals surface area contributed by atoms with Gasteiger partial charge in [-0.3, -0.25) is 4.98 Å². The molecule has 0 atom stereocenters. The van der Waals surface area contributed by atoms with E-state index in [1.165, 1.54) is 0 Å². The minimum absolute atomic E-state index is 0.0967. The first kappa shape index (κ1) is 12.7. The van der Waals surface area contributed by atoms with E-state index in [1.807, 2.05) is 6.92 Å². The lowest BCUT2D eigenvalue weighted by atomic mass is 9.96. The maximum absolute atomic E-state index is 4.46. The average Bonchev–Trinajstić information content (AvgIpc) is 2.30. The van der Waals surface area contributed by atoms with Gasteiger partial charge < -0.3 is 10.6 Å². The highest BCUT2D eigenvalue weighted by Gasteiger charge is 2.19. The summed E-state index contributed by atoms with van der Waals surface area (Å²) in [6.07, 6.45) is 5.64. The molecule has 2 N–H and O–H groups in total. The van der Waals surface area contributed by atoms with Gasteiger partial charge in [0.05, 0.1) is 12.4 Å². The monoisotopic (exact) mass is 222 g/mol. The molecule has 1 aromatic rings. The van der Waals surface area contributed by atoms with Crippen LogP contribution in [0.25, 0.3) is 0 Å². The Bertz CT molecular complexity index is 321. The number of rotatable bonds is 6. The summed E-state index contributed by atoms with van der Waals surface area (Å²) < 4.78 is 0. The molecule has 0 aliphatic carbocycles. The van der Waals surface area contributed by atoms with Crippen molar-refractivity contribution in [2.24, 2.45) is 0 Å². The molecule has 0 aliphatic heterocycles. The van der Waals surface area contributed by atoms with Crippen LogP contribution in [0.1, 0.15) is 40.5 Å². The lowest BCUT2D eigenvalue weighted by Crippen LogP contribution is -2.33. The summed E-state index contributed by atoms with van der Waals surface area (Å²) in [6.45, 7) is 9.46. The summed E-state index contributed by atoms with van der Waals surface area (Å²) in [7, 11) is 0.